The number of hydrogen-bond acceptors (Lipinski definition) is 3. The molecule has 94 valence electrons. The predicted molar refractivity (Wildman–Crippen MR) is 66.4 cm³/mol. The summed E-state index contributed by atoms with van der Waals surface area (Å²) in [6.45, 7) is 2.42. The Bertz CT molecular complexity index is 390. The zero-order valence-electron chi connectivity index (χ0n) is 10.3. The van der Waals surface area contributed by atoms with Gasteiger partial charge in [-0.3, -0.25) is 4.79 Å². The zero-order valence-corrected chi connectivity index (χ0v) is 10.3. The van der Waals surface area contributed by atoms with E-state index in [-0.39, 0.29) is 0 Å². The molecule has 17 heavy (non-hydrogen) atoms. The van der Waals surface area contributed by atoms with Crippen LogP contribution in [0, 0.1) is 6.92 Å². The van der Waals surface area contributed by atoms with E-state index >= 15 is 0 Å². The van der Waals surface area contributed by atoms with Gasteiger partial charge in [0.15, 0.2) is 0 Å². The van der Waals surface area contributed by atoms with Gasteiger partial charge in [0.05, 0.1) is 13.0 Å². The average Bonchev–Trinajstić information content (AvgIpc) is 2.29. The highest BCUT2D eigenvalue weighted by Crippen LogP contribution is 2.26. The number of aliphatic carboxylic acids is 1. The number of nitrogens with two attached hydrogens (primary N) is 1. The molecule has 4 nitrogen and oxygen atoms in total. The molecule has 0 amide bonds. The maximum Gasteiger partial charge on any atom is 0.310 e. The molecule has 3 N–H and O–H groups in total. The molecule has 1 unspecified atom stereocenters. The lowest BCUT2D eigenvalue weighted by molar-refractivity contribution is -0.139. The van der Waals surface area contributed by atoms with Crippen molar-refractivity contribution in [2.24, 2.45) is 5.73 Å². The van der Waals surface area contributed by atoms with Crippen LogP contribution in [0.2, 0.25) is 0 Å². The number of benzene rings is 1. The van der Waals surface area contributed by atoms with Gasteiger partial charge < -0.3 is 15.6 Å². The minimum absolute atomic E-state index is 0.483. The van der Waals surface area contributed by atoms with Crippen molar-refractivity contribution in [2.75, 3.05) is 13.7 Å². The van der Waals surface area contributed by atoms with Gasteiger partial charge in [0.25, 0.3) is 0 Å². The van der Waals surface area contributed by atoms with Crippen molar-refractivity contribution in [3.05, 3.63) is 29.3 Å². The molecule has 0 aliphatic heterocycles. The molecule has 0 aliphatic carbocycles. The Morgan fingerprint density at radius 1 is 1.53 bits per heavy atom. The van der Waals surface area contributed by atoms with Crippen molar-refractivity contribution >= 4 is 5.97 Å². The lowest BCUT2D eigenvalue weighted by Crippen LogP contribution is -2.13. The third-order valence-corrected chi connectivity index (χ3v) is 2.82. The number of rotatable bonds is 6. The molecule has 0 spiro atoms. The molecule has 0 aromatic heterocycles. The second-order valence-corrected chi connectivity index (χ2v) is 4.05. The monoisotopic (exact) mass is 237 g/mol. The highest BCUT2D eigenvalue weighted by molar-refractivity contribution is 5.76. The highest BCUT2D eigenvalue weighted by Gasteiger charge is 2.19. The Morgan fingerprint density at radius 2 is 2.24 bits per heavy atom. The Kier molecular flexibility index (Phi) is 4.97. The average molecular weight is 237 g/mol. The summed E-state index contributed by atoms with van der Waals surface area (Å²) in [6, 6.07) is 5.48. The third-order valence-electron chi connectivity index (χ3n) is 2.82. The molecular formula is C13H19NO3. The minimum atomic E-state index is -0.803. The summed E-state index contributed by atoms with van der Waals surface area (Å²) in [7, 11) is 1.60. The van der Waals surface area contributed by atoms with E-state index in [1.807, 2.05) is 19.1 Å². The van der Waals surface area contributed by atoms with Crippen molar-refractivity contribution < 1.29 is 14.6 Å². The first kappa shape index (κ1) is 13.5. The Balaban J connectivity index is 2.94. The lowest BCUT2D eigenvalue weighted by atomic mass is 9.93. The summed E-state index contributed by atoms with van der Waals surface area (Å²) >= 11 is 0. The van der Waals surface area contributed by atoms with Gasteiger partial charge >= 0.3 is 5.97 Å². The van der Waals surface area contributed by atoms with Crippen molar-refractivity contribution in [3.63, 3.8) is 0 Å². The van der Waals surface area contributed by atoms with Gasteiger partial charge in [-0.2, -0.15) is 0 Å². The highest BCUT2D eigenvalue weighted by atomic mass is 16.5. The number of carbonyl (C=O) groups is 1. The van der Waals surface area contributed by atoms with Gasteiger partial charge in [-0.15, -0.1) is 0 Å². The number of aryl methyl sites for hydroxylation is 1. The maximum atomic E-state index is 11.2. The van der Waals surface area contributed by atoms with E-state index in [0.717, 1.165) is 16.9 Å². The Labute approximate surface area is 101 Å². The van der Waals surface area contributed by atoms with Crippen LogP contribution < -0.4 is 10.5 Å². The second kappa shape index (κ2) is 6.25. The number of carboxylic acid groups (broad SMARTS) is 1. The van der Waals surface area contributed by atoms with Crippen LogP contribution in [0.5, 0.6) is 5.75 Å². The fourth-order valence-corrected chi connectivity index (χ4v) is 1.87. The standard InChI is InChI=1S/C13H19NO3/c1-9-8-10(5-6-12(9)17-2)11(13(15)16)4-3-7-14/h5-6,8,11H,3-4,7,14H2,1-2H3,(H,15,16). The summed E-state index contributed by atoms with van der Waals surface area (Å²) in [5.41, 5.74) is 7.18. The molecule has 0 heterocycles. The SMILES string of the molecule is COc1ccc(C(CCCN)C(=O)O)cc1C. The summed E-state index contributed by atoms with van der Waals surface area (Å²) in [5.74, 6) is -0.511. The number of ether oxygens (including phenoxy) is 1. The molecule has 1 rings (SSSR count). The molecule has 0 saturated carbocycles. The summed E-state index contributed by atoms with van der Waals surface area (Å²) in [4.78, 5) is 11.2. The van der Waals surface area contributed by atoms with Crippen molar-refractivity contribution in [3.8, 4) is 5.75 Å². The van der Waals surface area contributed by atoms with Gasteiger partial charge in [-0.05, 0) is 43.5 Å². The molecule has 1 aromatic rings. The van der Waals surface area contributed by atoms with Crippen LogP contribution in [0.1, 0.15) is 29.9 Å². The van der Waals surface area contributed by atoms with E-state index in [4.69, 9.17) is 10.5 Å². The molecule has 0 aliphatic rings. The van der Waals surface area contributed by atoms with Crippen LogP contribution >= 0.6 is 0 Å². The molecule has 0 saturated heterocycles. The van der Waals surface area contributed by atoms with Gasteiger partial charge in [-0.1, -0.05) is 12.1 Å². The molecule has 1 atom stereocenters. The van der Waals surface area contributed by atoms with Crippen molar-refractivity contribution in [1.82, 2.24) is 0 Å². The second-order valence-electron chi connectivity index (χ2n) is 4.05. The first-order chi connectivity index (χ1) is 8.10. The van der Waals surface area contributed by atoms with Crippen LogP contribution in [0.4, 0.5) is 0 Å². The quantitative estimate of drug-likeness (QED) is 0.792. The number of methoxy groups -OCH3 is 1. The molecule has 1 aromatic carbocycles. The summed E-state index contributed by atoms with van der Waals surface area (Å²) in [5, 5.41) is 9.20. The van der Waals surface area contributed by atoms with Gasteiger partial charge in [0, 0.05) is 0 Å². The molecule has 0 fully saturated rings. The van der Waals surface area contributed by atoms with Crippen LogP contribution in [0.25, 0.3) is 0 Å². The predicted octanol–water partition coefficient (Wildman–Crippen LogP) is 1.91. The fraction of sp³-hybridized carbons (Fsp3) is 0.462. The van der Waals surface area contributed by atoms with Crippen molar-refractivity contribution in [1.29, 1.82) is 0 Å². The van der Waals surface area contributed by atoms with Crippen LogP contribution in [0.15, 0.2) is 18.2 Å². The molecule has 0 radical (unpaired) electrons. The third kappa shape index (κ3) is 3.46. The van der Waals surface area contributed by atoms with Gasteiger partial charge in [0.2, 0.25) is 0 Å². The van der Waals surface area contributed by atoms with E-state index in [1.54, 1.807) is 13.2 Å². The van der Waals surface area contributed by atoms with E-state index in [0.29, 0.717) is 19.4 Å². The number of hydrogen-bond donors (Lipinski definition) is 2. The molecule has 4 heteroatoms. The summed E-state index contributed by atoms with van der Waals surface area (Å²) < 4.78 is 5.15. The first-order valence-electron chi connectivity index (χ1n) is 5.67. The zero-order chi connectivity index (χ0) is 12.8. The Hall–Kier alpha value is -1.55. The number of carboxylic acids is 1. The summed E-state index contributed by atoms with van der Waals surface area (Å²) in [6.07, 6.45) is 1.28. The van der Waals surface area contributed by atoms with Crippen LogP contribution in [-0.4, -0.2) is 24.7 Å². The van der Waals surface area contributed by atoms with E-state index in [2.05, 4.69) is 0 Å². The minimum Gasteiger partial charge on any atom is -0.496 e. The fourth-order valence-electron chi connectivity index (χ4n) is 1.87. The van der Waals surface area contributed by atoms with E-state index in [9.17, 15) is 9.90 Å². The van der Waals surface area contributed by atoms with Gasteiger partial charge in [0.1, 0.15) is 5.75 Å². The lowest BCUT2D eigenvalue weighted by Gasteiger charge is -2.14. The smallest absolute Gasteiger partial charge is 0.310 e. The first-order valence-corrected chi connectivity index (χ1v) is 5.67. The maximum absolute atomic E-state index is 11.2. The van der Waals surface area contributed by atoms with Crippen molar-refractivity contribution in [2.45, 2.75) is 25.7 Å². The molecular weight excluding hydrogens is 218 g/mol. The van der Waals surface area contributed by atoms with Crippen LogP contribution in [0.3, 0.4) is 0 Å². The van der Waals surface area contributed by atoms with Gasteiger partial charge in [-0.25, -0.2) is 0 Å². The van der Waals surface area contributed by atoms with E-state index < -0.39 is 11.9 Å². The van der Waals surface area contributed by atoms with E-state index in [1.165, 1.54) is 0 Å². The normalized spacial score (nSPS) is 12.2. The Morgan fingerprint density at radius 3 is 2.71 bits per heavy atom. The molecule has 0 bridgehead atoms. The topological polar surface area (TPSA) is 72.5 Å². The largest absolute Gasteiger partial charge is 0.496 e. The van der Waals surface area contributed by atoms with Crippen LogP contribution in [-0.2, 0) is 4.79 Å².